The summed E-state index contributed by atoms with van der Waals surface area (Å²) in [4.78, 5) is 2.28. The van der Waals surface area contributed by atoms with Gasteiger partial charge in [0.25, 0.3) is 0 Å². The standard InChI is InChI=1S/C20H28F3NO/c1-17(2,3)15-4-6-16(7-5-15)24-13-12-18(14-24)8-10-19(25,11-9-18)20(21,22)23/h4-7,25H,8-14H2,1-3H3. The zero-order chi connectivity index (χ0) is 18.5. The fraction of sp³-hybridized carbons (Fsp3) is 0.700. The second kappa shape index (κ2) is 5.90. The fourth-order valence-corrected chi connectivity index (χ4v) is 4.21. The molecule has 0 unspecified atom stereocenters. The molecule has 5 heteroatoms. The Balaban J connectivity index is 1.67. The van der Waals surface area contributed by atoms with Crippen LogP contribution in [0.2, 0.25) is 0 Å². The third-order valence-corrected chi connectivity index (χ3v) is 6.20. The van der Waals surface area contributed by atoms with Gasteiger partial charge in [-0.05, 0) is 60.6 Å². The van der Waals surface area contributed by atoms with Crippen molar-refractivity contribution in [3.8, 4) is 0 Å². The Bertz CT molecular complexity index is 607. The molecule has 1 aromatic carbocycles. The molecule has 140 valence electrons. The normalized spacial score (nSPS) is 30.9. The lowest BCUT2D eigenvalue weighted by Gasteiger charge is -2.42. The van der Waals surface area contributed by atoms with Gasteiger partial charge >= 0.3 is 6.18 Å². The Morgan fingerprint density at radius 1 is 0.920 bits per heavy atom. The number of aliphatic hydroxyl groups is 1. The summed E-state index contributed by atoms with van der Waals surface area (Å²) in [5.41, 5.74) is -0.0456. The number of benzene rings is 1. The van der Waals surface area contributed by atoms with Crippen LogP contribution in [0.4, 0.5) is 18.9 Å². The van der Waals surface area contributed by atoms with E-state index in [0.29, 0.717) is 12.8 Å². The molecule has 1 saturated heterocycles. The molecule has 1 aliphatic heterocycles. The fourth-order valence-electron chi connectivity index (χ4n) is 4.21. The SMILES string of the molecule is CC(C)(C)c1ccc(N2CCC3(CCC(O)(C(F)(F)F)CC3)C2)cc1. The monoisotopic (exact) mass is 355 g/mol. The van der Waals surface area contributed by atoms with Gasteiger partial charge in [-0.15, -0.1) is 0 Å². The van der Waals surface area contributed by atoms with E-state index < -0.39 is 11.8 Å². The minimum absolute atomic E-state index is 0.0832. The number of hydrogen-bond donors (Lipinski definition) is 1. The van der Waals surface area contributed by atoms with Gasteiger partial charge in [0.1, 0.15) is 0 Å². The van der Waals surface area contributed by atoms with Crippen molar-refractivity contribution < 1.29 is 18.3 Å². The number of nitrogens with zero attached hydrogens (tertiary/aromatic N) is 1. The van der Waals surface area contributed by atoms with Gasteiger partial charge in [0, 0.05) is 18.8 Å². The number of hydrogen-bond acceptors (Lipinski definition) is 2. The molecule has 0 amide bonds. The summed E-state index contributed by atoms with van der Waals surface area (Å²) in [6.45, 7) is 8.19. The zero-order valence-electron chi connectivity index (χ0n) is 15.3. The van der Waals surface area contributed by atoms with Crippen molar-refractivity contribution in [3.63, 3.8) is 0 Å². The number of rotatable bonds is 1. The van der Waals surface area contributed by atoms with E-state index in [0.717, 1.165) is 25.2 Å². The van der Waals surface area contributed by atoms with Crippen LogP contribution in [0.25, 0.3) is 0 Å². The van der Waals surface area contributed by atoms with Gasteiger partial charge in [-0.3, -0.25) is 0 Å². The Kier molecular flexibility index (Phi) is 4.38. The van der Waals surface area contributed by atoms with Crippen molar-refractivity contribution in [3.05, 3.63) is 29.8 Å². The van der Waals surface area contributed by atoms with Gasteiger partial charge in [-0.25, -0.2) is 0 Å². The Labute approximate surface area is 148 Å². The molecule has 0 bridgehead atoms. The Morgan fingerprint density at radius 2 is 1.48 bits per heavy atom. The average molecular weight is 355 g/mol. The maximum Gasteiger partial charge on any atom is 0.417 e. The van der Waals surface area contributed by atoms with Gasteiger partial charge in [0.2, 0.25) is 0 Å². The molecule has 2 aliphatic rings. The van der Waals surface area contributed by atoms with E-state index in [4.69, 9.17) is 0 Å². The lowest BCUT2D eigenvalue weighted by Crippen LogP contribution is -2.50. The molecule has 1 N–H and O–H groups in total. The second-order valence-electron chi connectivity index (χ2n) is 9.00. The summed E-state index contributed by atoms with van der Waals surface area (Å²) in [6, 6.07) is 8.52. The second-order valence-corrected chi connectivity index (χ2v) is 9.00. The molecular formula is C20H28F3NO. The number of alkyl halides is 3. The Hall–Kier alpha value is -1.23. The first kappa shape index (κ1) is 18.6. The topological polar surface area (TPSA) is 23.5 Å². The molecule has 1 heterocycles. The first-order valence-corrected chi connectivity index (χ1v) is 9.09. The van der Waals surface area contributed by atoms with Crippen molar-refractivity contribution in [2.24, 2.45) is 5.41 Å². The van der Waals surface area contributed by atoms with Crippen LogP contribution in [-0.4, -0.2) is 30.0 Å². The molecular weight excluding hydrogens is 327 g/mol. The quantitative estimate of drug-likeness (QED) is 0.762. The summed E-state index contributed by atoms with van der Waals surface area (Å²) >= 11 is 0. The van der Waals surface area contributed by atoms with Gasteiger partial charge in [0.15, 0.2) is 5.60 Å². The van der Waals surface area contributed by atoms with Crippen LogP contribution in [0.15, 0.2) is 24.3 Å². The van der Waals surface area contributed by atoms with Crippen LogP contribution in [0.3, 0.4) is 0 Å². The van der Waals surface area contributed by atoms with Crippen LogP contribution in [-0.2, 0) is 5.41 Å². The van der Waals surface area contributed by atoms with Crippen molar-refractivity contribution in [1.29, 1.82) is 0 Å². The largest absolute Gasteiger partial charge is 0.417 e. The Morgan fingerprint density at radius 3 is 1.96 bits per heavy atom. The van der Waals surface area contributed by atoms with Gasteiger partial charge in [-0.2, -0.15) is 13.2 Å². The zero-order valence-corrected chi connectivity index (χ0v) is 15.3. The first-order valence-electron chi connectivity index (χ1n) is 9.09. The molecule has 3 rings (SSSR count). The van der Waals surface area contributed by atoms with Gasteiger partial charge < -0.3 is 10.0 Å². The molecule has 2 fully saturated rings. The van der Waals surface area contributed by atoms with E-state index in [1.54, 1.807) is 0 Å². The van der Waals surface area contributed by atoms with Crippen LogP contribution in [0, 0.1) is 5.41 Å². The lowest BCUT2D eigenvalue weighted by molar-refractivity contribution is -0.275. The summed E-state index contributed by atoms with van der Waals surface area (Å²) in [5.74, 6) is 0. The summed E-state index contributed by atoms with van der Waals surface area (Å²) < 4.78 is 39.0. The van der Waals surface area contributed by atoms with Crippen LogP contribution >= 0.6 is 0 Å². The van der Waals surface area contributed by atoms with Crippen molar-refractivity contribution in [1.82, 2.24) is 0 Å². The molecule has 0 aromatic heterocycles. The van der Waals surface area contributed by atoms with E-state index in [2.05, 4.69) is 49.9 Å². The smallest absolute Gasteiger partial charge is 0.380 e. The molecule has 2 nitrogen and oxygen atoms in total. The van der Waals surface area contributed by atoms with E-state index in [9.17, 15) is 18.3 Å². The number of anilines is 1. The highest BCUT2D eigenvalue weighted by molar-refractivity contribution is 5.50. The predicted octanol–water partition coefficient (Wildman–Crippen LogP) is 5.05. The molecule has 1 saturated carbocycles. The highest BCUT2D eigenvalue weighted by Crippen LogP contribution is 2.51. The third-order valence-electron chi connectivity index (χ3n) is 6.20. The van der Waals surface area contributed by atoms with Crippen molar-refractivity contribution in [2.75, 3.05) is 18.0 Å². The van der Waals surface area contributed by atoms with Crippen LogP contribution < -0.4 is 4.90 Å². The molecule has 25 heavy (non-hydrogen) atoms. The minimum Gasteiger partial charge on any atom is -0.380 e. The van der Waals surface area contributed by atoms with Crippen molar-refractivity contribution in [2.45, 2.75) is 70.1 Å². The summed E-state index contributed by atoms with van der Waals surface area (Å²) in [5, 5.41) is 9.90. The van der Waals surface area contributed by atoms with E-state index in [1.165, 1.54) is 5.56 Å². The maximum absolute atomic E-state index is 13.0. The highest BCUT2D eigenvalue weighted by Gasteiger charge is 2.57. The van der Waals surface area contributed by atoms with E-state index >= 15 is 0 Å². The van der Waals surface area contributed by atoms with Gasteiger partial charge in [0.05, 0.1) is 0 Å². The summed E-state index contributed by atoms with van der Waals surface area (Å²) in [6.07, 6.45) is -3.07. The van der Waals surface area contributed by atoms with Crippen LogP contribution in [0.1, 0.15) is 58.4 Å². The average Bonchev–Trinajstić information content (AvgIpc) is 2.93. The van der Waals surface area contributed by atoms with E-state index in [1.807, 2.05) is 0 Å². The van der Waals surface area contributed by atoms with Crippen LogP contribution in [0.5, 0.6) is 0 Å². The highest BCUT2D eigenvalue weighted by atomic mass is 19.4. The predicted molar refractivity (Wildman–Crippen MR) is 93.9 cm³/mol. The molecule has 0 radical (unpaired) electrons. The summed E-state index contributed by atoms with van der Waals surface area (Å²) in [7, 11) is 0. The minimum atomic E-state index is -4.52. The molecule has 0 atom stereocenters. The van der Waals surface area contributed by atoms with Crippen molar-refractivity contribution >= 4 is 5.69 Å². The number of halogens is 3. The third kappa shape index (κ3) is 3.53. The van der Waals surface area contributed by atoms with Gasteiger partial charge in [-0.1, -0.05) is 32.9 Å². The first-order chi connectivity index (χ1) is 11.4. The molecule has 1 aliphatic carbocycles. The lowest BCUT2D eigenvalue weighted by atomic mass is 9.68. The van der Waals surface area contributed by atoms with E-state index in [-0.39, 0.29) is 23.7 Å². The molecule has 1 spiro atoms. The maximum atomic E-state index is 13.0. The molecule has 1 aromatic rings.